The molecule has 0 aliphatic rings. The van der Waals surface area contributed by atoms with Crippen molar-refractivity contribution < 1.29 is 64.5 Å². The number of hydrogen-bond acceptors (Lipinski definition) is 13. The van der Waals surface area contributed by atoms with E-state index in [9.17, 15) is 17.8 Å². The third-order valence-corrected chi connectivity index (χ3v) is 13.2. The highest BCUT2D eigenvalue weighted by molar-refractivity contribution is 7.86. The van der Waals surface area contributed by atoms with Crippen molar-refractivity contribution in [3.63, 3.8) is 0 Å². The van der Waals surface area contributed by atoms with Gasteiger partial charge in [-0.3, -0.25) is 13.6 Å². The van der Waals surface area contributed by atoms with Gasteiger partial charge in [0, 0.05) is 13.7 Å². The molecule has 0 heterocycles. The topological polar surface area (TPSA) is 184 Å². The monoisotopic (exact) mass is 946 g/mol. The molecular formula is C47H80NO14PS. The zero-order chi connectivity index (χ0) is 47.7. The van der Waals surface area contributed by atoms with E-state index in [1.165, 1.54) is 56.9 Å². The lowest BCUT2D eigenvalue weighted by Gasteiger charge is -2.37. The maximum Gasteiger partial charge on any atom is 0.408 e. The van der Waals surface area contributed by atoms with Gasteiger partial charge in [0.1, 0.15) is 12.4 Å². The SMILES string of the molecule is CCCCCCCCc1ccc(CCC(COCOC)(COP(=O)(OC(C)(C)C)c2c(C)ccc(S(=O)(=O)O)c2CCOCCOCCOCCOCC)NC(=O)OC(C)(C)C)cc1. The van der Waals surface area contributed by atoms with Crippen LogP contribution in [-0.4, -0.2) is 116 Å². The Morgan fingerprint density at radius 3 is 1.81 bits per heavy atom. The molecule has 0 aliphatic heterocycles. The van der Waals surface area contributed by atoms with Crippen LogP contribution in [0.5, 0.6) is 0 Å². The van der Waals surface area contributed by atoms with Crippen LogP contribution >= 0.6 is 7.60 Å². The number of nitrogens with one attached hydrogen (secondary N) is 1. The smallest absolute Gasteiger partial charge is 0.408 e. The molecule has 0 aliphatic carbocycles. The number of alkyl carbamates (subject to hydrolysis) is 1. The van der Waals surface area contributed by atoms with Crippen LogP contribution in [0, 0.1) is 6.92 Å². The first-order chi connectivity index (χ1) is 30.2. The molecular weight excluding hydrogens is 866 g/mol. The minimum Gasteiger partial charge on any atom is -0.444 e. The Balaban J connectivity index is 2.50. The van der Waals surface area contributed by atoms with Gasteiger partial charge in [0.2, 0.25) is 0 Å². The average Bonchev–Trinajstić information content (AvgIpc) is 3.19. The van der Waals surface area contributed by atoms with Gasteiger partial charge in [-0.25, -0.2) is 4.79 Å². The normalized spacial score (nSPS) is 14.3. The van der Waals surface area contributed by atoms with Crippen molar-refractivity contribution in [2.75, 3.05) is 80.0 Å². The Morgan fingerprint density at radius 2 is 1.27 bits per heavy atom. The second-order valence-corrected chi connectivity index (χ2v) is 21.2. The average molecular weight is 946 g/mol. The van der Waals surface area contributed by atoms with Crippen LogP contribution < -0.4 is 10.6 Å². The number of hydrogen-bond donors (Lipinski definition) is 2. The molecule has 17 heteroatoms. The third-order valence-electron chi connectivity index (χ3n) is 9.79. The summed E-state index contributed by atoms with van der Waals surface area (Å²) in [6.45, 7) is 18.2. The molecule has 2 N–H and O–H groups in total. The fourth-order valence-corrected chi connectivity index (χ4v) is 10.1. The summed E-state index contributed by atoms with van der Waals surface area (Å²) in [5.41, 5.74) is -0.657. The number of carbonyl (C=O) groups excluding carboxylic acids is 1. The van der Waals surface area contributed by atoms with Crippen molar-refractivity contribution in [3.05, 3.63) is 58.7 Å². The number of carbonyl (C=O) groups is 1. The first-order valence-corrected chi connectivity index (χ1v) is 25.7. The van der Waals surface area contributed by atoms with Crippen LogP contribution in [0.25, 0.3) is 0 Å². The minimum absolute atomic E-state index is 0.0149. The van der Waals surface area contributed by atoms with E-state index in [2.05, 4.69) is 36.5 Å². The Bertz CT molecular complexity index is 1780. The summed E-state index contributed by atoms with van der Waals surface area (Å²) in [7, 11) is -7.90. The zero-order valence-corrected chi connectivity index (χ0v) is 42.1. The number of rotatable bonds is 34. The summed E-state index contributed by atoms with van der Waals surface area (Å²) in [5.74, 6) is 0. The lowest BCUT2D eigenvalue weighted by molar-refractivity contribution is -0.0639. The lowest BCUT2D eigenvalue weighted by Crippen LogP contribution is -2.56. The van der Waals surface area contributed by atoms with Gasteiger partial charge in [0.25, 0.3) is 10.1 Å². The second-order valence-electron chi connectivity index (χ2n) is 17.9. The van der Waals surface area contributed by atoms with Crippen LogP contribution in [0.2, 0.25) is 0 Å². The molecule has 368 valence electrons. The van der Waals surface area contributed by atoms with Gasteiger partial charge in [0.05, 0.1) is 80.8 Å². The molecule has 0 saturated heterocycles. The van der Waals surface area contributed by atoms with Crippen LogP contribution in [-0.2, 0) is 76.2 Å². The lowest BCUT2D eigenvalue weighted by atomic mass is 9.92. The predicted octanol–water partition coefficient (Wildman–Crippen LogP) is 8.94. The molecule has 0 aromatic heterocycles. The van der Waals surface area contributed by atoms with Gasteiger partial charge < -0.3 is 43.0 Å². The first-order valence-electron chi connectivity index (χ1n) is 22.7. The second kappa shape index (κ2) is 29.3. The number of unbranched alkanes of at least 4 members (excludes halogenated alkanes) is 5. The van der Waals surface area contributed by atoms with Gasteiger partial charge in [-0.15, -0.1) is 0 Å². The Kier molecular flexibility index (Phi) is 26.4. The predicted molar refractivity (Wildman–Crippen MR) is 249 cm³/mol. The third kappa shape index (κ3) is 23.3. The molecule has 2 unspecified atom stereocenters. The first kappa shape index (κ1) is 57.7. The molecule has 2 rings (SSSR count). The summed E-state index contributed by atoms with van der Waals surface area (Å²) in [6, 6.07) is 11.1. The van der Waals surface area contributed by atoms with E-state index in [4.69, 9.17) is 42.2 Å². The molecule has 2 aromatic carbocycles. The van der Waals surface area contributed by atoms with Crippen molar-refractivity contribution in [3.8, 4) is 0 Å². The molecule has 2 aromatic rings. The van der Waals surface area contributed by atoms with E-state index in [1.807, 2.05) is 6.92 Å². The minimum atomic E-state index is -4.83. The maximum atomic E-state index is 15.6. The summed E-state index contributed by atoms with van der Waals surface area (Å²) in [4.78, 5) is 13.2. The van der Waals surface area contributed by atoms with Crippen LogP contribution in [0.15, 0.2) is 41.3 Å². The molecule has 0 spiro atoms. The van der Waals surface area contributed by atoms with Crippen LogP contribution in [0.1, 0.15) is 123 Å². The fourth-order valence-electron chi connectivity index (χ4n) is 6.81. The van der Waals surface area contributed by atoms with E-state index in [-0.39, 0.29) is 56.9 Å². The molecule has 1 amide bonds. The van der Waals surface area contributed by atoms with E-state index in [1.54, 1.807) is 48.5 Å². The standard InChI is InChI=1S/C47H80NO14PS/c1-11-13-14-15-16-17-18-39-20-22-40(23-21-39)25-27-47(35-59-37-54-10,48-44(49)61-45(4,5)6)36-60-63(50,62-46(7,8)9)43-38(3)19-24-42(64(51,52)53)41(43)26-28-56-31-32-58-34-33-57-30-29-55-12-2/h19-24H,11-18,25-37H2,1-10H3,(H,48,49)(H,51,52,53). The number of benzene rings is 2. The summed E-state index contributed by atoms with van der Waals surface area (Å²) in [6.07, 6.45) is 8.18. The van der Waals surface area contributed by atoms with Gasteiger partial charge in [-0.05, 0) is 116 Å². The molecule has 0 fully saturated rings. The van der Waals surface area contributed by atoms with Crippen LogP contribution in [0.3, 0.4) is 0 Å². The summed E-state index contributed by atoms with van der Waals surface area (Å²) < 4.78 is 104. The highest BCUT2D eigenvalue weighted by Gasteiger charge is 2.43. The highest BCUT2D eigenvalue weighted by atomic mass is 32.2. The number of ether oxygens (including phenoxy) is 7. The van der Waals surface area contributed by atoms with E-state index >= 15 is 4.57 Å². The molecule has 15 nitrogen and oxygen atoms in total. The van der Waals surface area contributed by atoms with E-state index < -0.39 is 52.1 Å². The van der Waals surface area contributed by atoms with Crippen molar-refractivity contribution >= 4 is 29.1 Å². The highest BCUT2D eigenvalue weighted by Crippen LogP contribution is 2.53. The molecule has 2 atom stereocenters. The van der Waals surface area contributed by atoms with Gasteiger partial charge in [-0.2, -0.15) is 8.42 Å². The molecule has 0 radical (unpaired) electrons. The molecule has 64 heavy (non-hydrogen) atoms. The van der Waals surface area contributed by atoms with Gasteiger partial charge in [-0.1, -0.05) is 69.4 Å². The summed E-state index contributed by atoms with van der Waals surface area (Å²) in [5, 5.41) is 2.95. The fraction of sp³-hybridized carbons (Fsp3) is 0.723. The van der Waals surface area contributed by atoms with Crippen molar-refractivity contribution in [2.24, 2.45) is 0 Å². The largest absolute Gasteiger partial charge is 0.444 e. The zero-order valence-electron chi connectivity index (χ0n) is 40.4. The van der Waals surface area contributed by atoms with Crippen molar-refractivity contribution in [1.82, 2.24) is 5.32 Å². The van der Waals surface area contributed by atoms with E-state index in [0.717, 1.165) is 18.4 Å². The Hall–Kier alpha value is -2.47. The van der Waals surface area contributed by atoms with Crippen LogP contribution in [0.4, 0.5) is 4.79 Å². The number of methoxy groups -OCH3 is 1. The number of aryl methyl sites for hydroxylation is 3. The Labute approximate surface area is 384 Å². The summed E-state index contributed by atoms with van der Waals surface area (Å²) >= 11 is 0. The quantitative estimate of drug-likeness (QED) is 0.0293. The van der Waals surface area contributed by atoms with E-state index in [0.29, 0.717) is 45.0 Å². The maximum absolute atomic E-state index is 15.6. The molecule has 0 bridgehead atoms. The number of amides is 1. The molecule has 0 saturated carbocycles. The Morgan fingerprint density at radius 1 is 0.703 bits per heavy atom. The van der Waals surface area contributed by atoms with Crippen molar-refractivity contribution in [1.29, 1.82) is 0 Å². The van der Waals surface area contributed by atoms with Crippen molar-refractivity contribution in [2.45, 2.75) is 148 Å². The van der Waals surface area contributed by atoms with Gasteiger partial charge >= 0.3 is 13.7 Å². The van der Waals surface area contributed by atoms with Gasteiger partial charge in [0.15, 0.2) is 0 Å².